The summed E-state index contributed by atoms with van der Waals surface area (Å²) in [4.78, 5) is 27.7. The van der Waals surface area contributed by atoms with Crippen LogP contribution in [0.4, 0.5) is 5.69 Å². The molecule has 172 valence electrons. The Labute approximate surface area is 198 Å². The standard InChI is InChI=1S/C23H26Cl2N2O4S/c1-15(2)27(3)21(28)16-6-11-19(25)20(14-16)26-22(29)23(12-4-5-13-23)32(30,31)18-9-7-17(24)8-10-18/h6-11,14-15H,4-5,12-13H2,1-3H3,(H,26,29). The lowest BCUT2D eigenvalue weighted by Gasteiger charge is -2.28. The Bertz CT molecular complexity index is 1130. The van der Waals surface area contributed by atoms with Gasteiger partial charge in [0.15, 0.2) is 14.6 Å². The molecule has 0 heterocycles. The van der Waals surface area contributed by atoms with E-state index in [0.29, 0.717) is 23.4 Å². The van der Waals surface area contributed by atoms with E-state index in [1.165, 1.54) is 36.4 Å². The molecule has 2 aromatic rings. The van der Waals surface area contributed by atoms with Crippen LogP contribution in [0.15, 0.2) is 47.4 Å². The molecule has 3 rings (SSSR count). The molecular formula is C23H26Cl2N2O4S. The largest absolute Gasteiger partial charge is 0.339 e. The Morgan fingerprint density at radius 1 is 1.03 bits per heavy atom. The van der Waals surface area contributed by atoms with Gasteiger partial charge in [0.1, 0.15) is 0 Å². The van der Waals surface area contributed by atoms with Gasteiger partial charge in [0.05, 0.1) is 15.6 Å². The quantitative estimate of drug-likeness (QED) is 0.595. The molecule has 1 fully saturated rings. The van der Waals surface area contributed by atoms with Crippen LogP contribution in [-0.4, -0.2) is 43.0 Å². The van der Waals surface area contributed by atoms with E-state index in [-0.39, 0.29) is 40.4 Å². The first-order valence-electron chi connectivity index (χ1n) is 10.4. The number of nitrogens with zero attached hydrogens (tertiary/aromatic N) is 1. The van der Waals surface area contributed by atoms with E-state index in [0.717, 1.165) is 0 Å². The number of amides is 2. The number of hydrogen-bond acceptors (Lipinski definition) is 4. The van der Waals surface area contributed by atoms with E-state index in [1.54, 1.807) is 18.0 Å². The molecule has 0 aliphatic heterocycles. The highest BCUT2D eigenvalue weighted by molar-refractivity contribution is 7.93. The summed E-state index contributed by atoms with van der Waals surface area (Å²) in [7, 11) is -2.30. The number of halogens is 2. The van der Waals surface area contributed by atoms with E-state index in [1.807, 2.05) is 13.8 Å². The van der Waals surface area contributed by atoms with Crippen molar-refractivity contribution in [1.29, 1.82) is 0 Å². The van der Waals surface area contributed by atoms with E-state index < -0.39 is 20.5 Å². The predicted octanol–water partition coefficient (Wildman–Crippen LogP) is 5.20. The van der Waals surface area contributed by atoms with Crippen LogP contribution < -0.4 is 5.32 Å². The molecule has 6 nitrogen and oxygen atoms in total. The van der Waals surface area contributed by atoms with E-state index in [4.69, 9.17) is 23.2 Å². The van der Waals surface area contributed by atoms with Crippen LogP contribution in [0.5, 0.6) is 0 Å². The summed E-state index contributed by atoms with van der Waals surface area (Å²) in [6.45, 7) is 3.78. The van der Waals surface area contributed by atoms with Gasteiger partial charge in [-0.1, -0.05) is 36.0 Å². The van der Waals surface area contributed by atoms with Crippen molar-refractivity contribution in [2.75, 3.05) is 12.4 Å². The van der Waals surface area contributed by atoms with Gasteiger partial charge in [-0.2, -0.15) is 0 Å². The van der Waals surface area contributed by atoms with Crippen molar-refractivity contribution in [2.45, 2.75) is 55.2 Å². The second kappa shape index (κ2) is 9.41. The predicted molar refractivity (Wildman–Crippen MR) is 127 cm³/mol. The van der Waals surface area contributed by atoms with Crippen molar-refractivity contribution < 1.29 is 18.0 Å². The minimum absolute atomic E-state index is 0.0116. The molecule has 0 aromatic heterocycles. The summed E-state index contributed by atoms with van der Waals surface area (Å²) in [5.74, 6) is -0.870. The lowest BCUT2D eigenvalue weighted by atomic mass is 10.1. The number of carbonyl (C=O) groups is 2. The molecule has 0 bridgehead atoms. The van der Waals surface area contributed by atoms with E-state index in [9.17, 15) is 18.0 Å². The van der Waals surface area contributed by atoms with Crippen LogP contribution in [0.3, 0.4) is 0 Å². The summed E-state index contributed by atoms with van der Waals surface area (Å²) >= 11 is 12.2. The summed E-state index contributed by atoms with van der Waals surface area (Å²) in [6.07, 6.45) is 1.64. The number of carbonyl (C=O) groups excluding carboxylic acids is 2. The molecule has 0 unspecified atom stereocenters. The van der Waals surface area contributed by atoms with Gasteiger partial charge >= 0.3 is 0 Å². The Hall–Kier alpha value is -2.09. The molecule has 2 aromatic carbocycles. The highest BCUT2D eigenvalue weighted by Crippen LogP contribution is 2.42. The zero-order valence-electron chi connectivity index (χ0n) is 18.2. The Morgan fingerprint density at radius 3 is 2.19 bits per heavy atom. The number of sulfone groups is 1. The maximum absolute atomic E-state index is 13.5. The third-order valence-electron chi connectivity index (χ3n) is 6.02. The molecule has 0 spiro atoms. The van der Waals surface area contributed by atoms with Crippen molar-refractivity contribution in [1.82, 2.24) is 4.90 Å². The monoisotopic (exact) mass is 496 g/mol. The van der Waals surface area contributed by atoms with E-state index in [2.05, 4.69) is 5.32 Å². The molecule has 0 saturated heterocycles. The molecule has 9 heteroatoms. The highest BCUT2D eigenvalue weighted by Gasteiger charge is 2.53. The summed E-state index contributed by atoms with van der Waals surface area (Å²) in [6, 6.07) is 10.4. The van der Waals surface area contributed by atoms with Gasteiger partial charge in [-0.05, 0) is 69.2 Å². The van der Waals surface area contributed by atoms with Gasteiger partial charge < -0.3 is 10.2 Å². The zero-order valence-corrected chi connectivity index (χ0v) is 20.5. The molecule has 32 heavy (non-hydrogen) atoms. The van der Waals surface area contributed by atoms with Gasteiger partial charge in [0.25, 0.3) is 5.91 Å². The molecule has 0 atom stereocenters. The van der Waals surface area contributed by atoms with Crippen molar-refractivity contribution in [2.24, 2.45) is 0 Å². The Balaban J connectivity index is 1.96. The zero-order chi connectivity index (χ0) is 23.7. The smallest absolute Gasteiger partial charge is 0.253 e. The average molecular weight is 497 g/mol. The van der Waals surface area contributed by atoms with Crippen LogP contribution in [0.2, 0.25) is 10.0 Å². The van der Waals surface area contributed by atoms with Crippen molar-refractivity contribution in [3.8, 4) is 0 Å². The average Bonchev–Trinajstić information content (AvgIpc) is 3.26. The lowest BCUT2D eigenvalue weighted by molar-refractivity contribution is -0.118. The summed E-state index contributed by atoms with van der Waals surface area (Å²) < 4.78 is 25.4. The van der Waals surface area contributed by atoms with Gasteiger partial charge in [-0.25, -0.2) is 8.42 Å². The lowest BCUT2D eigenvalue weighted by Crippen LogP contribution is -2.47. The van der Waals surface area contributed by atoms with Gasteiger partial charge in [0.2, 0.25) is 5.91 Å². The van der Waals surface area contributed by atoms with Crippen molar-refractivity contribution in [3.05, 3.63) is 58.1 Å². The fraction of sp³-hybridized carbons (Fsp3) is 0.391. The minimum Gasteiger partial charge on any atom is -0.339 e. The molecule has 0 radical (unpaired) electrons. The fourth-order valence-electron chi connectivity index (χ4n) is 3.83. The Kier molecular flexibility index (Phi) is 7.22. The summed E-state index contributed by atoms with van der Waals surface area (Å²) in [5, 5.41) is 3.33. The van der Waals surface area contributed by atoms with E-state index >= 15 is 0 Å². The molecule has 1 aliphatic rings. The topological polar surface area (TPSA) is 83.6 Å². The van der Waals surface area contributed by atoms with Gasteiger partial charge in [0, 0.05) is 23.7 Å². The second-order valence-electron chi connectivity index (χ2n) is 8.32. The first-order valence-corrected chi connectivity index (χ1v) is 12.6. The molecule has 1 N–H and O–H groups in total. The fourth-order valence-corrected chi connectivity index (χ4v) is 6.19. The van der Waals surface area contributed by atoms with Crippen molar-refractivity contribution >= 4 is 50.5 Å². The minimum atomic E-state index is -3.99. The second-order valence-corrected chi connectivity index (χ2v) is 11.4. The summed E-state index contributed by atoms with van der Waals surface area (Å²) in [5.41, 5.74) is 0.555. The van der Waals surface area contributed by atoms with Crippen LogP contribution in [-0.2, 0) is 14.6 Å². The van der Waals surface area contributed by atoms with Crippen molar-refractivity contribution in [3.63, 3.8) is 0 Å². The molecule has 1 saturated carbocycles. The van der Waals surface area contributed by atoms with Crippen LogP contribution >= 0.6 is 23.2 Å². The SMILES string of the molecule is CC(C)N(C)C(=O)c1ccc(Cl)c(NC(=O)C2(S(=O)(=O)c3ccc(Cl)cc3)CCCC2)c1. The maximum atomic E-state index is 13.5. The number of hydrogen-bond donors (Lipinski definition) is 1. The maximum Gasteiger partial charge on any atom is 0.253 e. The third-order valence-corrected chi connectivity index (χ3v) is 9.12. The van der Waals surface area contributed by atoms with Crippen LogP contribution in [0.25, 0.3) is 0 Å². The third kappa shape index (κ3) is 4.51. The number of nitrogens with one attached hydrogen (secondary N) is 1. The number of anilines is 1. The number of rotatable bonds is 6. The molecule has 2 amide bonds. The highest BCUT2D eigenvalue weighted by atomic mass is 35.5. The van der Waals surface area contributed by atoms with Crippen LogP contribution in [0, 0.1) is 0 Å². The molecule has 1 aliphatic carbocycles. The first kappa shape index (κ1) is 24.6. The Morgan fingerprint density at radius 2 is 1.62 bits per heavy atom. The van der Waals surface area contributed by atoms with Gasteiger partial charge in [-0.15, -0.1) is 0 Å². The normalized spacial score (nSPS) is 15.6. The first-order chi connectivity index (χ1) is 15.0. The van der Waals surface area contributed by atoms with Gasteiger partial charge in [-0.3, -0.25) is 9.59 Å². The number of benzene rings is 2. The molecular weight excluding hydrogens is 471 g/mol. The van der Waals surface area contributed by atoms with Crippen LogP contribution in [0.1, 0.15) is 49.9 Å².